The smallest absolute Gasteiger partial charge is 0.239 e. The molecule has 0 bridgehead atoms. The van der Waals surface area contributed by atoms with Crippen LogP contribution in [-0.4, -0.2) is 49.8 Å². The van der Waals surface area contributed by atoms with Crippen molar-refractivity contribution in [3.63, 3.8) is 0 Å². The summed E-state index contributed by atoms with van der Waals surface area (Å²) in [5, 5.41) is 14.5. The average Bonchev–Trinajstić information content (AvgIpc) is 2.31. The third-order valence-corrected chi connectivity index (χ3v) is 2.17. The molecule has 1 amide bonds. The van der Waals surface area contributed by atoms with Crippen molar-refractivity contribution in [2.75, 3.05) is 32.8 Å². The quantitative estimate of drug-likeness (QED) is 0.283. The van der Waals surface area contributed by atoms with Gasteiger partial charge in [0.1, 0.15) is 6.04 Å². The molecule has 6 nitrogen and oxygen atoms in total. The standard InChI is InChI=1S/C10H24N4O2/c11-4-3-6-13-5-1-2-7-14-10(16)9(12)8-15/h9,13,15H,1-8,11-12H2,(H,14,16)/t9-/m0/s1. The Hall–Kier alpha value is -0.690. The van der Waals surface area contributed by atoms with Crippen LogP contribution in [-0.2, 0) is 4.79 Å². The molecule has 0 saturated carbocycles. The molecule has 0 rings (SSSR count). The Morgan fingerprint density at radius 1 is 1.19 bits per heavy atom. The van der Waals surface area contributed by atoms with Gasteiger partial charge in [-0.2, -0.15) is 0 Å². The average molecular weight is 232 g/mol. The van der Waals surface area contributed by atoms with Gasteiger partial charge in [0, 0.05) is 6.54 Å². The van der Waals surface area contributed by atoms with Crippen LogP contribution >= 0.6 is 0 Å². The minimum atomic E-state index is -0.803. The van der Waals surface area contributed by atoms with E-state index in [1.807, 2.05) is 0 Å². The van der Waals surface area contributed by atoms with Crippen LogP contribution in [0.4, 0.5) is 0 Å². The summed E-state index contributed by atoms with van der Waals surface area (Å²) in [6.07, 6.45) is 2.89. The van der Waals surface area contributed by atoms with Crippen LogP contribution in [0.5, 0.6) is 0 Å². The van der Waals surface area contributed by atoms with Crippen molar-refractivity contribution in [1.29, 1.82) is 0 Å². The fourth-order valence-electron chi connectivity index (χ4n) is 1.15. The summed E-state index contributed by atoms with van der Waals surface area (Å²) in [6, 6.07) is -0.803. The SMILES string of the molecule is NCCCNCCCCNC(=O)[C@@H](N)CO. The van der Waals surface area contributed by atoms with Gasteiger partial charge < -0.3 is 27.2 Å². The van der Waals surface area contributed by atoms with Crippen molar-refractivity contribution >= 4 is 5.91 Å². The monoisotopic (exact) mass is 232 g/mol. The molecule has 0 spiro atoms. The molecule has 0 aromatic heterocycles. The zero-order valence-corrected chi connectivity index (χ0v) is 9.74. The Morgan fingerprint density at radius 2 is 1.81 bits per heavy atom. The number of hydrogen-bond donors (Lipinski definition) is 5. The minimum Gasteiger partial charge on any atom is -0.394 e. The minimum absolute atomic E-state index is 0.293. The second-order valence-corrected chi connectivity index (χ2v) is 3.68. The largest absolute Gasteiger partial charge is 0.394 e. The van der Waals surface area contributed by atoms with E-state index in [0.717, 1.165) is 32.4 Å². The first kappa shape index (κ1) is 15.3. The number of aliphatic hydroxyl groups excluding tert-OH is 1. The van der Waals surface area contributed by atoms with Crippen LogP contribution in [0, 0.1) is 0 Å². The summed E-state index contributed by atoms with van der Waals surface area (Å²) in [7, 11) is 0. The highest BCUT2D eigenvalue weighted by atomic mass is 16.3. The van der Waals surface area contributed by atoms with Crippen LogP contribution in [0.2, 0.25) is 0 Å². The predicted octanol–water partition coefficient (Wildman–Crippen LogP) is -1.86. The molecule has 0 aromatic rings. The van der Waals surface area contributed by atoms with E-state index >= 15 is 0 Å². The Bertz CT molecular complexity index is 178. The maximum Gasteiger partial charge on any atom is 0.239 e. The van der Waals surface area contributed by atoms with Gasteiger partial charge in [-0.05, 0) is 38.9 Å². The summed E-state index contributed by atoms with van der Waals surface area (Å²) in [5.74, 6) is -0.293. The number of unbranched alkanes of at least 4 members (excludes halogenated alkanes) is 1. The number of amides is 1. The molecule has 0 aliphatic heterocycles. The Kier molecular flexibility index (Phi) is 10.3. The predicted molar refractivity (Wildman–Crippen MR) is 63.8 cm³/mol. The Balaban J connectivity index is 3.18. The number of hydrogen-bond acceptors (Lipinski definition) is 5. The first-order chi connectivity index (χ1) is 7.72. The molecule has 0 radical (unpaired) electrons. The van der Waals surface area contributed by atoms with Crippen LogP contribution in [0.1, 0.15) is 19.3 Å². The van der Waals surface area contributed by atoms with Gasteiger partial charge in [0.15, 0.2) is 0 Å². The fraction of sp³-hybridized carbons (Fsp3) is 0.900. The highest BCUT2D eigenvalue weighted by Gasteiger charge is 2.09. The number of carbonyl (C=O) groups excluding carboxylic acids is 1. The third-order valence-electron chi connectivity index (χ3n) is 2.17. The first-order valence-electron chi connectivity index (χ1n) is 5.77. The highest BCUT2D eigenvalue weighted by molar-refractivity contribution is 5.81. The molecule has 0 heterocycles. The van der Waals surface area contributed by atoms with E-state index in [-0.39, 0.29) is 12.5 Å². The number of carbonyl (C=O) groups is 1. The van der Waals surface area contributed by atoms with Gasteiger partial charge in [0.25, 0.3) is 0 Å². The fourth-order valence-corrected chi connectivity index (χ4v) is 1.15. The number of nitrogens with two attached hydrogens (primary N) is 2. The number of aliphatic hydroxyl groups is 1. The van der Waals surface area contributed by atoms with Crippen molar-refractivity contribution in [2.45, 2.75) is 25.3 Å². The maximum absolute atomic E-state index is 11.1. The molecule has 6 heteroatoms. The lowest BCUT2D eigenvalue weighted by Crippen LogP contribution is -2.43. The van der Waals surface area contributed by atoms with E-state index in [4.69, 9.17) is 16.6 Å². The maximum atomic E-state index is 11.1. The molecular formula is C10H24N4O2. The second-order valence-electron chi connectivity index (χ2n) is 3.68. The van der Waals surface area contributed by atoms with E-state index in [9.17, 15) is 4.79 Å². The summed E-state index contributed by atoms with van der Waals surface area (Å²) >= 11 is 0. The number of nitrogens with one attached hydrogen (secondary N) is 2. The van der Waals surface area contributed by atoms with E-state index in [1.54, 1.807) is 0 Å². The molecule has 16 heavy (non-hydrogen) atoms. The lowest BCUT2D eigenvalue weighted by atomic mass is 10.2. The molecule has 0 aromatic carbocycles. The Labute approximate surface area is 96.8 Å². The van der Waals surface area contributed by atoms with E-state index in [0.29, 0.717) is 13.1 Å². The number of rotatable bonds is 10. The van der Waals surface area contributed by atoms with Crippen molar-refractivity contribution in [3.05, 3.63) is 0 Å². The van der Waals surface area contributed by atoms with Gasteiger partial charge in [0.2, 0.25) is 5.91 Å². The summed E-state index contributed by atoms with van der Waals surface area (Å²) < 4.78 is 0. The van der Waals surface area contributed by atoms with Crippen molar-refractivity contribution in [2.24, 2.45) is 11.5 Å². The third kappa shape index (κ3) is 8.60. The molecule has 0 aliphatic rings. The van der Waals surface area contributed by atoms with Gasteiger partial charge in [-0.1, -0.05) is 0 Å². The van der Waals surface area contributed by atoms with Gasteiger partial charge in [-0.3, -0.25) is 4.79 Å². The van der Waals surface area contributed by atoms with Gasteiger partial charge in [-0.15, -0.1) is 0 Å². The van der Waals surface area contributed by atoms with Gasteiger partial charge >= 0.3 is 0 Å². The zero-order valence-electron chi connectivity index (χ0n) is 9.74. The molecule has 0 aliphatic carbocycles. The van der Waals surface area contributed by atoms with Crippen LogP contribution in [0.3, 0.4) is 0 Å². The molecule has 0 fully saturated rings. The summed E-state index contributed by atoms with van der Waals surface area (Å²) in [5.41, 5.74) is 10.7. The normalized spacial score (nSPS) is 12.4. The van der Waals surface area contributed by atoms with Crippen LogP contribution < -0.4 is 22.1 Å². The second kappa shape index (κ2) is 10.8. The van der Waals surface area contributed by atoms with Gasteiger partial charge in [-0.25, -0.2) is 0 Å². The summed E-state index contributed by atoms with van der Waals surface area (Å²) in [6.45, 7) is 2.87. The molecular weight excluding hydrogens is 208 g/mol. The topological polar surface area (TPSA) is 113 Å². The summed E-state index contributed by atoms with van der Waals surface area (Å²) in [4.78, 5) is 11.1. The molecule has 0 unspecified atom stereocenters. The highest BCUT2D eigenvalue weighted by Crippen LogP contribution is 1.86. The van der Waals surface area contributed by atoms with E-state index in [2.05, 4.69) is 10.6 Å². The van der Waals surface area contributed by atoms with Crippen molar-refractivity contribution in [1.82, 2.24) is 10.6 Å². The molecule has 96 valence electrons. The van der Waals surface area contributed by atoms with Gasteiger partial charge in [0.05, 0.1) is 6.61 Å². The molecule has 1 atom stereocenters. The van der Waals surface area contributed by atoms with Crippen LogP contribution in [0.25, 0.3) is 0 Å². The van der Waals surface area contributed by atoms with E-state index < -0.39 is 6.04 Å². The van der Waals surface area contributed by atoms with Crippen molar-refractivity contribution < 1.29 is 9.90 Å². The van der Waals surface area contributed by atoms with Crippen molar-refractivity contribution in [3.8, 4) is 0 Å². The Morgan fingerprint density at radius 3 is 2.44 bits per heavy atom. The molecule has 7 N–H and O–H groups in total. The zero-order chi connectivity index (χ0) is 12.2. The lowest BCUT2D eigenvalue weighted by Gasteiger charge is -2.09. The van der Waals surface area contributed by atoms with Crippen LogP contribution in [0.15, 0.2) is 0 Å². The first-order valence-corrected chi connectivity index (χ1v) is 5.77. The lowest BCUT2D eigenvalue weighted by molar-refractivity contribution is -0.123. The molecule has 0 saturated heterocycles. The van der Waals surface area contributed by atoms with E-state index in [1.165, 1.54) is 0 Å².